The van der Waals surface area contributed by atoms with Crippen molar-refractivity contribution in [2.45, 2.75) is 6.18 Å². The molecule has 2 aromatic heterocycles. The lowest BCUT2D eigenvalue weighted by atomic mass is 10.1. The molecule has 3 N–H and O–H groups in total. The van der Waals surface area contributed by atoms with Crippen LogP contribution in [-0.4, -0.2) is 30.6 Å². The van der Waals surface area contributed by atoms with E-state index in [2.05, 4.69) is 35.9 Å². The Kier molecular flexibility index (Phi) is 3.52. The number of benzene rings is 1. The van der Waals surface area contributed by atoms with Crippen LogP contribution in [0.5, 0.6) is 0 Å². The van der Waals surface area contributed by atoms with E-state index in [9.17, 15) is 18.0 Å². The van der Waals surface area contributed by atoms with Crippen LogP contribution < -0.4 is 10.9 Å². The van der Waals surface area contributed by atoms with Crippen LogP contribution in [0.1, 0.15) is 5.69 Å². The van der Waals surface area contributed by atoms with Crippen molar-refractivity contribution in [2.75, 3.05) is 5.32 Å². The van der Waals surface area contributed by atoms with Gasteiger partial charge in [-0.2, -0.15) is 18.4 Å². The maximum atomic E-state index is 12.7. The highest BCUT2D eigenvalue weighted by molar-refractivity contribution is 5.75. The second kappa shape index (κ2) is 5.51. The number of nitrogens with one attached hydrogen (secondary N) is 3. The van der Waals surface area contributed by atoms with Crippen LogP contribution in [0.2, 0.25) is 0 Å². The van der Waals surface area contributed by atoms with Crippen LogP contribution in [-0.2, 0) is 6.18 Å². The molecule has 0 amide bonds. The topological polar surface area (TPSA) is 112 Å². The first-order valence-electron chi connectivity index (χ1n) is 6.22. The smallest absolute Gasteiger partial charge is 0.325 e. The summed E-state index contributed by atoms with van der Waals surface area (Å²) in [4.78, 5) is 17.0. The van der Waals surface area contributed by atoms with E-state index in [1.54, 1.807) is 24.3 Å². The van der Waals surface area contributed by atoms with Gasteiger partial charge in [-0.1, -0.05) is 12.1 Å². The van der Waals surface area contributed by atoms with Crippen molar-refractivity contribution in [3.05, 3.63) is 46.4 Å². The Hall–Kier alpha value is -3.24. The molecule has 0 atom stereocenters. The zero-order valence-electron chi connectivity index (χ0n) is 11.2. The van der Waals surface area contributed by atoms with E-state index in [1.165, 1.54) is 0 Å². The lowest BCUT2D eigenvalue weighted by molar-refractivity contribution is -0.141. The molecule has 2 heterocycles. The monoisotopic (exact) mass is 323 g/mol. The third-order valence-corrected chi connectivity index (χ3v) is 2.80. The number of anilines is 2. The largest absolute Gasteiger partial charge is 0.433 e. The third-order valence-electron chi connectivity index (χ3n) is 2.80. The fourth-order valence-electron chi connectivity index (χ4n) is 1.85. The number of para-hydroxylation sites is 1. The number of rotatable bonds is 3. The molecule has 0 bridgehead atoms. The molecule has 3 rings (SSSR count). The van der Waals surface area contributed by atoms with Gasteiger partial charge in [0.25, 0.3) is 5.56 Å². The third kappa shape index (κ3) is 3.17. The van der Waals surface area contributed by atoms with Gasteiger partial charge in [0.1, 0.15) is 0 Å². The number of aromatic amines is 2. The van der Waals surface area contributed by atoms with E-state index in [-0.39, 0.29) is 11.8 Å². The summed E-state index contributed by atoms with van der Waals surface area (Å²) in [7, 11) is 0. The van der Waals surface area contributed by atoms with Gasteiger partial charge in [-0.25, -0.2) is 4.98 Å². The van der Waals surface area contributed by atoms with E-state index in [4.69, 9.17) is 0 Å². The van der Waals surface area contributed by atoms with E-state index in [0.717, 1.165) is 0 Å². The molecule has 0 spiro atoms. The van der Waals surface area contributed by atoms with Crippen molar-refractivity contribution < 1.29 is 13.2 Å². The van der Waals surface area contributed by atoms with Crippen LogP contribution in [0.15, 0.2) is 35.1 Å². The zero-order chi connectivity index (χ0) is 16.4. The number of hydrogen-bond acceptors (Lipinski definition) is 6. The van der Waals surface area contributed by atoms with Gasteiger partial charge in [0.2, 0.25) is 11.8 Å². The van der Waals surface area contributed by atoms with E-state index < -0.39 is 17.4 Å². The van der Waals surface area contributed by atoms with E-state index in [0.29, 0.717) is 17.3 Å². The minimum atomic E-state index is -4.72. The van der Waals surface area contributed by atoms with Crippen molar-refractivity contribution in [2.24, 2.45) is 0 Å². The van der Waals surface area contributed by atoms with Crippen LogP contribution in [0.4, 0.5) is 24.8 Å². The van der Waals surface area contributed by atoms with Gasteiger partial charge in [-0.15, -0.1) is 10.2 Å². The SMILES string of the molecule is O=c1cc(C(F)(F)F)nc(Nc2ccccc2-c2nn[nH]n2)[nH]1. The molecule has 8 nitrogen and oxygen atoms in total. The van der Waals surface area contributed by atoms with Crippen molar-refractivity contribution in [1.82, 2.24) is 30.6 Å². The number of alkyl halides is 3. The Morgan fingerprint density at radius 3 is 2.65 bits per heavy atom. The molecular weight excluding hydrogens is 315 g/mol. The fourth-order valence-corrected chi connectivity index (χ4v) is 1.85. The summed E-state index contributed by atoms with van der Waals surface area (Å²) < 4.78 is 38.1. The highest BCUT2D eigenvalue weighted by atomic mass is 19.4. The Bertz CT molecular complexity index is 873. The second-order valence-electron chi connectivity index (χ2n) is 4.38. The zero-order valence-corrected chi connectivity index (χ0v) is 11.2. The Labute approximate surface area is 125 Å². The summed E-state index contributed by atoms with van der Waals surface area (Å²) in [5, 5.41) is 15.9. The maximum absolute atomic E-state index is 12.7. The average molecular weight is 323 g/mol. The van der Waals surface area contributed by atoms with Crippen molar-refractivity contribution in [1.29, 1.82) is 0 Å². The van der Waals surface area contributed by atoms with Gasteiger partial charge in [0.15, 0.2) is 5.69 Å². The number of aromatic nitrogens is 6. The molecule has 118 valence electrons. The summed E-state index contributed by atoms with van der Waals surface area (Å²) >= 11 is 0. The minimum Gasteiger partial charge on any atom is -0.325 e. The van der Waals surface area contributed by atoms with Gasteiger partial charge in [-0.3, -0.25) is 9.78 Å². The molecular formula is C12H8F3N7O. The van der Waals surface area contributed by atoms with Crippen molar-refractivity contribution in [3.63, 3.8) is 0 Å². The normalized spacial score (nSPS) is 11.4. The molecule has 0 aliphatic heterocycles. The molecule has 3 aromatic rings. The van der Waals surface area contributed by atoms with Crippen LogP contribution in [0.25, 0.3) is 11.4 Å². The molecule has 0 unspecified atom stereocenters. The Morgan fingerprint density at radius 2 is 1.96 bits per heavy atom. The summed E-state index contributed by atoms with van der Waals surface area (Å²) in [5.41, 5.74) is -1.38. The first kappa shape index (κ1) is 14.7. The number of H-pyrrole nitrogens is 2. The summed E-state index contributed by atoms with van der Waals surface area (Å²) in [5.74, 6) is -0.108. The molecule has 0 aliphatic rings. The lowest BCUT2D eigenvalue weighted by Gasteiger charge is -2.11. The van der Waals surface area contributed by atoms with Crippen LogP contribution in [0, 0.1) is 0 Å². The van der Waals surface area contributed by atoms with Crippen LogP contribution in [0.3, 0.4) is 0 Å². The summed E-state index contributed by atoms with van der Waals surface area (Å²) in [6, 6.07) is 6.94. The van der Waals surface area contributed by atoms with Gasteiger partial charge in [0, 0.05) is 11.6 Å². The molecule has 0 radical (unpaired) electrons. The highest BCUT2D eigenvalue weighted by Gasteiger charge is 2.33. The molecule has 1 aromatic carbocycles. The summed E-state index contributed by atoms with van der Waals surface area (Å²) in [6.07, 6.45) is -4.72. The molecule has 0 aliphatic carbocycles. The van der Waals surface area contributed by atoms with Gasteiger partial charge < -0.3 is 5.32 Å². The molecule has 23 heavy (non-hydrogen) atoms. The van der Waals surface area contributed by atoms with Crippen molar-refractivity contribution >= 4 is 11.6 Å². The van der Waals surface area contributed by atoms with Gasteiger partial charge >= 0.3 is 6.18 Å². The average Bonchev–Trinajstić information content (AvgIpc) is 3.00. The van der Waals surface area contributed by atoms with Crippen molar-refractivity contribution in [3.8, 4) is 11.4 Å². The standard InChI is InChI=1S/C12H8F3N7O/c13-12(14,15)8-5-9(23)18-11(17-8)16-7-4-2-1-3-6(7)10-19-21-22-20-10/h1-5H,(H2,16,17,18,23)(H,19,20,21,22). The minimum absolute atomic E-state index is 0.238. The molecule has 0 fully saturated rings. The highest BCUT2D eigenvalue weighted by Crippen LogP contribution is 2.29. The summed E-state index contributed by atoms with van der Waals surface area (Å²) in [6.45, 7) is 0. The Morgan fingerprint density at radius 1 is 1.17 bits per heavy atom. The van der Waals surface area contributed by atoms with E-state index >= 15 is 0 Å². The predicted octanol–water partition coefficient (Wildman–Crippen LogP) is 1.71. The lowest BCUT2D eigenvalue weighted by Crippen LogP contribution is -2.17. The Balaban J connectivity index is 2.01. The number of halogens is 3. The number of tetrazole rings is 1. The number of nitrogens with zero attached hydrogens (tertiary/aromatic N) is 4. The second-order valence-corrected chi connectivity index (χ2v) is 4.38. The fraction of sp³-hybridized carbons (Fsp3) is 0.0833. The van der Waals surface area contributed by atoms with Gasteiger partial charge in [-0.05, 0) is 17.3 Å². The predicted molar refractivity (Wildman–Crippen MR) is 72.8 cm³/mol. The van der Waals surface area contributed by atoms with E-state index in [1.807, 2.05) is 0 Å². The van der Waals surface area contributed by atoms with Crippen LogP contribution >= 0.6 is 0 Å². The van der Waals surface area contributed by atoms with Gasteiger partial charge in [0.05, 0.1) is 5.69 Å². The maximum Gasteiger partial charge on any atom is 0.433 e. The quantitative estimate of drug-likeness (QED) is 0.676. The molecule has 0 saturated carbocycles. The molecule has 0 saturated heterocycles. The first-order valence-corrected chi connectivity index (χ1v) is 6.22. The first-order chi connectivity index (χ1) is 10.9. The molecule has 11 heteroatoms. The number of hydrogen-bond donors (Lipinski definition) is 3.